The van der Waals surface area contributed by atoms with Gasteiger partial charge in [-0.2, -0.15) is 0 Å². The molecule has 8 nitrogen and oxygen atoms in total. The van der Waals surface area contributed by atoms with Gasteiger partial charge in [-0.3, -0.25) is 24.6 Å². The third-order valence-corrected chi connectivity index (χ3v) is 8.60. The van der Waals surface area contributed by atoms with Crippen molar-refractivity contribution >= 4 is 23.1 Å². The van der Waals surface area contributed by atoms with Crippen LogP contribution in [0.4, 0.5) is 11.4 Å². The van der Waals surface area contributed by atoms with E-state index in [0.717, 1.165) is 40.8 Å². The summed E-state index contributed by atoms with van der Waals surface area (Å²) in [4.78, 5) is 42.0. The molecule has 38 heavy (non-hydrogen) atoms. The average molecular weight is 512 g/mol. The second-order valence-corrected chi connectivity index (χ2v) is 10.6. The number of hydrogen-bond donors (Lipinski definition) is 1. The quantitative estimate of drug-likeness (QED) is 0.290. The summed E-state index contributed by atoms with van der Waals surface area (Å²) in [5.41, 5.74) is 3.80. The number of nitro benzene ring substituents is 1. The van der Waals surface area contributed by atoms with E-state index in [4.69, 9.17) is 4.74 Å². The van der Waals surface area contributed by atoms with E-state index in [1.165, 1.54) is 12.1 Å². The highest BCUT2D eigenvalue weighted by atomic mass is 16.6. The van der Waals surface area contributed by atoms with Crippen molar-refractivity contribution in [1.29, 1.82) is 0 Å². The second kappa shape index (κ2) is 8.77. The van der Waals surface area contributed by atoms with Gasteiger partial charge in [0.05, 0.1) is 18.0 Å². The summed E-state index contributed by atoms with van der Waals surface area (Å²) in [5, 5.41) is 14.5. The number of carbonyl (C=O) groups is 2. The Hall–Kier alpha value is -4.04. The first-order valence-corrected chi connectivity index (χ1v) is 12.9. The van der Waals surface area contributed by atoms with Crippen molar-refractivity contribution in [2.45, 2.75) is 44.2 Å². The standard InChI is InChI=1S/C30H29N3O5/c1-17-15-18(2)27-23(16-17)30(29(35)31-27)26(28(34)20-8-12-22(38-3)13-9-20)25(24-5-4-14-32(24)30)19-6-10-21(11-7-19)33(36)37/h6-13,15-16,24-26H,4-5,14H2,1-3H3,(H,31,35)/t24?,25?,26?,30-/m1/s1. The third-order valence-electron chi connectivity index (χ3n) is 8.60. The van der Waals surface area contributed by atoms with Crippen LogP contribution in [0, 0.1) is 29.9 Å². The molecule has 0 aromatic heterocycles. The van der Waals surface area contributed by atoms with Gasteiger partial charge < -0.3 is 10.1 Å². The van der Waals surface area contributed by atoms with Crippen LogP contribution < -0.4 is 10.1 Å². The Labute approximate surface area is 220 Å². The number of fused-ring (bicyclic) bond motifs is 4. The van der Waals surface area contributed by atoms with Crippen LogP contribution in [0.3, 0.4) is 0 Å². The fourth-order valence-electron chi connectivity index (χ4n) is 7.14. The molecule has 1 N–H and O–H groups in total. The molecule has 0 saturated carbocycles. The van der Waals surface area contributed by atoms with Gasteiger partial charge in [-0.15, -0.1) is 0 Å². The summed E-state index contributed by atoms with van der Waals surface area (Å²) in [7, 11) is 1.58. The monoisotopic (exact) mass is 511 g/mol. The van der Waals surface area contributed by atoms with Crippen molar-refractivity contribution in [2.24, 2.45) is 5.92 Å². The molecule has 3 aromatic carbocycles. The van der Waals surface area contributed by atoms with Crippen LogP contribution in [0.15, 0.2) is 60.7 Å². The fraction of sp³-hybridized carbons (Fsp3) is 0.333. The van der Waals surface area contributed by atoms with Gasteiger partial charge in [-0.1, -0.05) is 29.8 Å². The minimum absolute atomic E-state index is 0.00188. The maximum Gasteiger partial charge on any atom is 0.269 e. The number of anilines is 1. The number of carbonyl (C=O) groups excluding carboxylic acids is 2. The van der Waals surface area contributed by atoms with E-state index in [1.54, 1.807) is 43.5 Å². The number of hydrogen-bond acceptors (Lipinski definition) is 6. The summed E-state index contributed by atoms with van der Waals surface area (Å²) in [6.07, 6.45) is 1.75. The van der Waals surface area contributed by atoms with Gasteiger partial charge in [0.25, 0.3) is 5.69 Å². The first-order chi connectivity index (χ1) is 18.3. The number of benzene rings is 3. The Kier molecular flexibility index (Phi) is 5.61. The highest BCUT2D eigenvalue weighted by Gasteiger charge is 2.69. The maximum atomic E-state index is 14.6. The zero-order valence-corrected chi connectivity index (χ0v) is 21.6. The van der Waals surface area contributed by atoms with Crippen molar-refractivity contribution in [3.63, 3.8) is 0 Å². The van der Waals surface area contributed by atoms with Crippen molar-refractivity contribution in [2.75, 3.05) is 19.0 Å². The number of ether oxygens (including phenoxy) is 1. The smallest absolute Gasteiger partial charge is 0.269 e. The molecule has 1 spiro atoms. The zero-order chi connectivity index (χ0) is 26.8. The Bertz CT molecular complexity index is 1470. The number of methoxy groups -OCH3 is 1. The molecule has 3 aliphatic heterocycles. The zero-order valence-electron chi connectivity index (χ0n) is 21.6. The molecule has 3 aliphatic rings. The highest BCUT2D eigenvalue weighted by Crippen LogP contribution is 2.61. The SMILES string of the molecule is COc1ccc(C(=O)C2C(c3ccc([N+](=O)[O-])cc3)C3CCCN3[C@@]23C(=O)Nc2c(C)cc(C)cc23)cc1. The maximum absolute atomic E-state index is 14.6. The van der Waals surface area contributed by atoms with Gasteiger partial charge in [-0.25, -0.2) is 0 Å². The minimum Gasteiger partial charge on any atom is -0.497 e. The Morgan fingerprint density at radius 1 is 1.11 bits per heavy atom. The predicted molar refractivity (Wildman–Crippen MR) is 143 cm³/mol. The predicted octanol–water partition coefficient (Wildman–Crippen LogP) is 5.13. The van der Waals surface area contributed by atoms with Gasteiger partial charge in [0, 0.05) is 40.9 Å². The number of nitrogens with zero attached hydrogens (tertiary/aromatic N) is 2. The highest BCUT2D eigenvalue weighted by molar-refractivity contribution is 6.13. The van der Waals surface area contributed by atoms with E-state index < -0.39 is 16.4 Å². The molecule has 0 bridgehead atoms. The van der Waals surface area contributed by atoms with Crippen molar-refractivity contribution in [3.8, 4) is 5.75 Å². The van der Waals surface area contributed by atoms with E-state index in [0.29, 0.717) is 17.9 Å². The van der Waals surface area contributed by atoms with Crippen LogP contribution in [0.1, 0.15) is 51.4 Å². The number of nitro groups is 1. The van der Waals surface area contributed by atoms with E-state index in [9.17, 15) is 19.7 Å². The first-order valence-electron chi connectivity index (χ1n) is 12.9. The van der Waals surface area contributed by atoms with E-state index in [2.05, 4.69) is 10.2 Å². The Morgan fingerprint density at radius 2 is 1.82 bits per heavy atom. The van der Waals surface area contributed by atoms with Crippen LogP contribution in [0.2, 0.25) is 0 Å². The second-order valence-electron chi connectivity index (χ2n) is 10.6. The Morgan fingerprint density at radius 3 is 2.47 bits per heavy atom. The van der Waals surface area contributed by atoms with Crippen molar-refractivity contribution < 1.29 is 19.2 Å². The molecule has 3 heterocycles. The molecule has 4 atom stereocenters. The first kappa shape index (κ1) is 24.3. The molecular weight excluding hydrogens is 482 g/mol. The average Bonchev–Trinajstić information content (AvgIpc) is 3.57. The molecule has 194 valence electrons. The minimum atomic E-state index is -1.17. The number of Topliss-reactive ketones (excluding diaryl/α,β-unsaturated/α-hetero) is 1. The molecule has 1 amide bonds. The van der Waals surface area contributed by atoms with Gasteiger partial charge in [0.2, 0.25) is 5.91 Å². The lowest BCUT2D eigenvalue weighted by Gasteiger charge is -2.37. The lowest BCUT2D eigenvalue weighted by atomic mass is 9.68. The van der Waals surface area contributed by atoms with Crippen LogP contribution in [-0.4, -0.2) is 41.2 Å². The molecule has 3 unspecified atom stereocenters. The van der Waals surface area contributed by atoms with Gasteiger partial charge >= 0.3 is 0 Å². The molecule has 3 aromatic rings. The summed E-state index contributed by atoms with van der Waals surface area (Å²) >= 11 is 0. The molecule has 2 saturated heterocycles. The molecule has 8 heteroatoms. The number of aryl methyl sites for hydroxylation is 2. The van der Waals surface area contributed by atoms with Crippen LogP contribution in [0.5, 0.6) is 5.75 Å². The third kappa shape index (κ3) is 3.33. The number of rotatable bonds is 5. The summed E-state index contributed by atoms with van der Waals surface area (Å²) in [6, 6.07) is 17.5. The number of nitrogens with one attached hydrogen (secondary N) is 1. The van der Waals surface area contributed by atoms with Gasteiger partial charge in [0.15, 0.2) is 5.78 Å². The van der Waals surface area contributed by atoms with Crippen LogP contribution >= 0.6 is 0 Å². The van der Waals surface area contributed by atoms with Crippen LogP contribution in [-0.2, 0) is 10.3 Å². The summed E-state index contributed by atoms with van der Waals surface area (Å²) < 4.78 is 5.30. The molecule has 0 aliphatic carbocycles. The topological polar surface area (TPSA) is 102 Å². The van der Waals surface area contributed by atoms with E-state index in [-0.39, 0.29) is 29.3 Å². The number of non-ortho nitro benzene ring substituents is 1. The van der Waals surface area contributed by atoms with Crippen LogP contribution in [0.25, 0.3) is 0 Å². The normalized spacial score (nSPS) is 25.8. The summed E-state index contributed by atoms with van der Waals surface area (Å²) in [5.74, 6) is -0.683. The lowest BCUT2D eigenvalue weighted by Crippen LogP contribution is -2.52. The fourth-order valence-corrected chi connectivity index (χ4v) is 7.14. The molecule has 2 fully saturated rings. The van der Waals surface area contributed by atoms with Gasteiger partial charge in [0.1, 0.15) is 11.3 Å². The Balaban J connectivity index is 1.60. The van der Waals surface area contributed by atoms with Gasteiger partial charge in [-0.05, 0) is 68.6 Å². The summed E-state index contributed by atoms with van der Waals surface area (Å²) in [6.45, 7) is 4.68. The van der Waals surface area contributed by atoms with E-state index >= 15 is 0 Å². The molecular formula is C30H29N3O5. The van der Waals surface area contributed by atoms with E-state index in [1.807, 2.05) is 26.0 Å². The van der Waals surface area contributed by atoms with Crippen molar-refractivity contribution in [3.05, 3.63) is 98.6 Å². The largest absolute Gasteiger partial charge is 0.497 e. The molecule has 0 radical (unpaired) electrons. The number of amides is 1. The van der Waals surface area contributed by atoms with Crippen molar-refractivity contribution in [1.82, 2.24) is 4.90 Å². The number of ketones is 1. The lowest BCUT2D eigenvalue weighted by molar-refractivity contribution is -0.384. The molecule has 6 rings (SSSR count).